The van der Waals surface area contributed by atoms with Crippen molar-refractivity contribution in [1.29, 1.82) is 0 Å². The van der Waals surface area contributed by atoms with E-state index < -0.39 is 6.04 Å². The molecule has 1 amide bonds. The molecule has 2 unspecified atom stereocenters. The Morgan fingerprint density at radius 3 is 2.41 bits per heavy atom. The fourth-order valence-electron chi connectivity index (χ4n) is 5.25. The fraction of sp³-hybridized carbons (Fsp3) is 0.469. The van der Waals surface area contributed by atoms with Gasteiger partial charge in [-0.3, -0.25) is 15.2 Å². The van der Waals surface area contributed by atoms with Gasteiger partial charge in [-0.2, -0.15) is 0 Å². The third kappa shape index (κ3) is 8.11. The van der Waals surface area contributed by atoms with Crippen LogP contribution in [0.5, 0.6) is 5.88 Å². The molecule has 2 aromatic carbocycles. The smallest absolute Gasteiger partial charge is 0.244 e. The number of benzene rings is 2. The highest BCUT2D eigenvalue weighted by molar-refractivity contribution is 6.34. The largest absolute Gasteiger partial charge is 0.461 e. The molecule has 2 aromatic heterocycles. The molecule has 4 aromatic rings. The predicted molar refractivity (Wildman–Crippen MR) is 166 cm³/mol. The Balaban J connectivity index is 1.47. The number of anilines is 1. The van der Waals surface area contributed by atoms with Crippen molar-refractivity contribution in [2.24, 2.45) is 11.3 Å². The van der Waals surface area contributed by atoms with E-state index in [1.807, 2.05) is 65.6 Å². The highest BCUT2D eigenvalue weighted by Crippen LogP contribution is 2.30. The van der Waals surface area contributed by atoms with Crippen molar-refractivity contribution >= 4 is 28.8 Å². The van der Waals surface area contributed by atoms with Gasteiger partial charge in [0.15, 0.2) is 11.5 Å². The van der Waals surface area contributed by atoms with Gasteiger partial charge in [-0.25, -0.2) is 4.52 Å². The van der Waals surface area contributed by atoms with Crippen LogP contribution in [0.4, 0.5) is 5.69 Å². The van der Waals surface area contributed by atoms with Crippen molar-refractivity contribution in [3.05, 3.63) is 65.7 Å². The minimum absolute atomic E-state index is 0.0548. The summed E-state index contributed by atoms with van der Waals surface area (Å²) >= 11 is 6.58. The maximum Gasteiger partial charge on any atom is 0.244 e. The second kappa shape index (κ2) is 14.0. The molecular weight excluding hydrogens is 536 g/mol. The Bertz CT molecular complexity index is 1380. The van der Waals surface area contributed by atoms with Crippen LogP contribution >= 0.6 is 11.6 Å². The number of nitrogens with one attached hydrogen (secondary N) is 2. The molecular formula is C32H43ClN6O2. The molecule has 0 fully saturated rings. The molecule has 0 aliphatic rings. The summed E-state index contributed by atoms with van der Waals surface area (Å²) in [6.07, 6.45) is 4.68. The number of ether oxygens (including phenoxy) is 1. The monoisotopic (exact) mass is 578 g/mol. The second-order valence-corrected chi connectivity index (χ2v) is 12.4. The minimum atomic E-state index is -0.396. The number of para-hydroxylation sites is 1. The SMILES string of the molecule is CCCCC(NCOc1[nH]n2c(-c3ccccc3)nnc2c1Cl)C(=O)N(CCC(C)CC(C)(C)C)c1ccccc1. The number of nitrogens with zero attached hydrogens (tertiary/aromatic N) is 4. The molecule has 41 heavy (non-hydrogen) atoms. The Morgan fingerprint density at radius 2 is 1.76 bits per heavy atom. The van der Waals surface area contributed by atoms with Gasteiger partial charge in [0, 0.05) is 17.8 Å². The molecule has 0 aliphatic carbocycles. The molecule has 9 heteroatoms. The van der Waals surface area contributed by atoms with Gasteiger partial charge < -0.3 is 9.64 Å². The summed E-state index contributed by atoms with van der Waals surface area (Å²) in [6, 6.07) is 19.3. The van der Waals surface area contributed by atoms with Crippen LogP contribution in [0.3, 0.4) is 0 Å². The van der Waals surface area contributed by atoms with E-state index in [9.17, 15) is 4.79 Å². The molecule has 220 valence electrons. The molecule has 2 N–H and O–H groups in total. The van der Waals surface area contributed by atoms with E-state index in [1.54, 1.807) is 4.52 Å². The lowest BCUT2D eigenvalue weighted by molar-refractivity contribution is -0.121. The van der Waals surface area contributed by atoms with Crippen LogP contribution in [-0.4, -0.2) is 45.0 Å². The van der Waals surface area contributed by atoms with Crippen LogP contribution in [0.1, 0.15) is 66.7 Å². The molecule has 2 heterocycles. The van der Waals surface area contributed by atoms with E-state index in [0.717, 1.165) is 36.9 Å². The van der Waals surface area contributed by atoms with E-state index in [0.29, 0.717) is 41.3 Å². The van der Waals surface area contributed by atoms with Gasteiger partial charge >= 0.3 is 0 Å². The Hall–Kier alpha value is -3.36. The second-order valence-electron chi connectivity index (χ2n) is 12.0. The Labute approximate surface area is 248 Å². The Kier molecular flexibility index (Phi) is 10.5. The van der Waals surface area contributed by atoms with Crippen LogP contribution < -0.4 is 15.0 Å². The number of aromatic nitrogens is 4. The van der Waals surface area contributed by atoms with Crippen molar-refractivity contribution in [3.8, 4) is 17.3 Å². The zero-order chi connectivity index (χ0) is 29.4. The zero-order valence-electron chi connectivity index (χ0n) is 24.9. The van der Waals surface area contributed by atoms with Crippen LogP contribution in [-0.2, 0) is 4.79 Å². The van der Waals surface area contributed by atoms with E-state index in [-0.39, 0.29) is 18.1 Å². The molecule has 0 bridgehead atoms. The fourth-order valence-corrected chi connectivity index (χ4v) is 5.47. The van der Waals surface area contributed by atoms with Gasteiger partial charge in [0.1, 0.15) is 11.8 Å². The van der Waals surface area contributed by atoms with E-state index in [1.165, 1.54) is 0 Å². The molecule has 0 saturated heterocycles. The summed E-state index contributed by atoms with van der Waals surface area (Å²) in [4.78, 5) is 15.9. The average Bonchev–Trinajstić information content (AvgIpc) is 3.50. The van der Waals surface area contributed by atoms with Gasteiger partial charge in [-0.1, -0.05) is 108 Å². The normalized spacial score (nSPS) is 13.3. The summed E-state index contributed by atoms with van der Waals surface area (Å²) in [5.41, 5.74) is 2.56. The number of carbonyl (C=O) groups is 1. The van der Waals surface area contributed by atoms with Crippen molar-refractivity contribution in [2.75, 3.05) is 18.2 Å². The first kappa shape index (κ1) is 30.6. The van der Waals surface area contributed by atoms with Crippen LogP contribution in [0.25, 0.3) is 17.0 Å². The number of rotatable bonds is 14. The minimum Gasteiger partial charge on any atom is -0.461 e. The lowest BCUT2D eigenvalue weighted by atomic mass is 9.84. The lowest BCUT2D eigenvalue weighted by Gasteiger charge is -2.30. The molecule has 0 saturated carbocycles. The number of unbranched alkanes of at least 4 members (excludes halogenated alkanes) is 1. The number of carbonyl (C=O) groups excluding carboxylic acids is 1. The van der Waals surface area contributed by atoms with Gasteiger partial charge in [0.2, 0.25) is 11.8 Å². The third-order valence-corrected chi connectivity index (χ3v) is 7.48. The van der Waals surface area contributed by atoms with Crippen molar-refractivity contribution in [1.82, 2.24) is 25.1 Å². The topological polar surface area (TPSA) is 87.5 Å². The van der Waals surface area contributed by atoms with Crippen molar-refractivity contribution in [3.63, 3.8) is 0 Å². The summed E-state index contributed by atoms with van der Waals surface area (Å²) in [6.45, 7) is 12.0. The number of aromatic amines is 1. The van der Waals surface area contributed by atoms with E-state index >= 15 is 0 Å². The third-order valence-electron chi connectivity index (χ3n) is 7.13. The molecule has 8 nitrogen and oxygen atoms in total. The molecule has 0 aliphatic heterocycles. The van der Waals surface area contributed by atoms with Crippen molar-refractivity contribution in [2.45, 2.75) is 72.8 Å². The van der Waals surface area contributed by atoms with Gasteiger partial charge in [-0.05, 0) is 42.7 Å². The number of fused-ring (bicyclic) bond motifs is 1. The Morgan fingerprint density at radius 1 is 1.07 bits per heavy atom. The molecule has 0 radical (unpaired) electrons. The van der Waals surface area contributed by atoms with Crippen molar-refractivity contribution < 1.29 is 9.53 Å². The van der Waals surface area contributed by atoms with Gasteiger partial charge in [-0.15, -0.1) is 10.2 Å². The lowest BCUT2D eigenvalue weighted by Crippen LogP contribution is -2.48. The summed E-state index contributed by atoms with van der Waals surface area (Å²) < 4.78 is 7.72. The average molecular weight is 579 g/mol. The zero-order valence-corrected chi connectivity index (χ0v) is 25.6. The quantitative estimate of drug-likeness (QED) is 0.153. The highest BCUT2D eigenvalue weighted by atomic mass is 35.5. The first-order valence-corrected chi connectivity index (χ1v) is 15.0. The highest BCUT2D eigenvalue weighted by Gasteiger charge is 2.26. The number of hydrogen-bond donors (Lipinski definition) is 2. The molecule has 2 atom stereocenters. The van der Waals surface area contributed by atoms with Gasteiger partial charge in [0.05, 0.1) is 6.04 Å². The van der Waals surface area contributed by atoms with Gasteiger partial charge in [0.25, 0.3) is 0 Å². The molecule has 4 rings (SSSR count). The first-order valence-electron chi connectivity index (χ1n) is 14.6. The number of H-pyrrole nitrogens is 1. The predicted octanol–water partition coefficient (Wildman–Crippen LogP) is 7.36. The van der Waals surface area contributed by atoms with Crippen LogP contribution in [0, 0.1) is 11.3 Å². The van der Waals surface area contributed by atoms with Crippen LogP contribution in [0.15, 0.2) is 60.7 Å². The van der Waals surface area contributed by atoms with Crippen LogP contribution in [0.2, 0.25) is 5.02 Å². The maximum atomic E-state index is 14.0. The van der Waals surface area contributed by atoms with E-state index in [2.05, 4.69) is 55.2 Å². The summed E-state index contributed by atoms with van der Waals surface area (Å²) in [5.74, 6) is 1.57. The number of hydrogen-bond acceptors (Lipinski definition) is 5. The molecule has 0 spiro atoms. The summed E-state index contributed by atoms with van der Waals surface area (Å²) in [5, 5.41) is 15.4. The maximum absolute atomic E-state index is 14.0. The summed E-state index contributed by atoms with van der Waals surface area (Å²) in [7, 11) is 0. The standard InChI is InChI=1S/C32H43ClN6O2/c1-6-7-18-26(31(40)38(25-16-12-9-13-17-25)20-19-23(2)21-32(3,4)5)34-22-41-30-27(33)29-36-35-28(39(29)37-30)24-14-10-8-11-15-24/h8-17,23,26,34,37H,6-7,18-22H2,1-5H3. The first-order chi connectivity index (χ1) is 19.7. The number of amides is 1. The van der Waals surface area contributed by atoms with E-state index in [4.69, 9.17) is 16.3 Å². The number of halogens is 1.